The maximum absolute atomic E-state index is 10.8. The van der Waals surface area contributed by atoms with Gasteiger partial charge in [-0.25, -0.2) is 9.78 Å². The second-order valence-electron chi connectivity index (χ2n) is 3.09. The topological polar surface area (TPSA) is 59.4 Å². The SMILES string of the molecule is O=C(O)c1nccc(Cl)c1OC1CC1. The van der Waals surface area contributed by atoms with Gasteiger partial charge in [0.1, 0.15) is 0 Å². The predicted octanol–water partition coefficient (Wildman–Crippen LogP) is 1.97. The van der Waals surface area contributed by atoms with Crippen molar-refractivity contribution in [2.24, 2.45) is 0 Å². The van der Waals surface area contributed by atoms with Crippen molar-refractivity contribution in [3.63, 3.8) is 0 Å². The van der Waals surface area contributed by atoms with Gasteiger partial charge in [0.2, 0.25) is 0 Å². The molecule has 1 N–H and O–H groups in total. The molecule has 74 valence electrons. The summed E-state index contributed by atoms with van der Waals surface area (Å²) in [5.41, 5.74) is -0.121. The van der Waals surface area contributed by atoms with Crippen LogP contribution in [0.5, 0.6) is 5.75 Å². The molecule has 5 heteroatoms. The minimum Gasteiger partial charge on any atom is -0.486 e. The molecule has 0 saturated heterocycles. The number of carbonyl (C=O) groups is 1. The Morgan fingerprint density at radius 3 is 2.93 bits per heavy atom. The van der Waals surface area contributed by atoms with Gasteiger partial charge in [-0.05, 0) is 18.9 Å². The Hall–Kier alpha value is -1.29. The molecule has 1 aliphatic rings. The average Bonchev–Trinajstić information content (AvgIpc) is 2.91. The third-order valence-corrected chi connectivity index (χ3v) is 2.17. The van der Waals surface area contributed by atoms with Crippen LogP contribution in [0.2, 0.25) is 5.02 Å². The van der Waals surface area contributed by atoms with Gasteiger partial charge in [-0.2, -0.15) is 0 Å². The molecule has 1 aliphatic carbocycles. The molecule has 1 aromatic rings. The maximum Gasteiger partial charge on any atom is 0.358 e. The number of carboxylic acid groups (broad SMARTS) is 1. The minimum atomic E-state index is -1.12. The fourth-order valence-corrected chi connectivity index (χ4v) is 1.23. The van der Waals surface area contributed by atoms with E-state index >= 15 is 0 Å². The molecule has 0 spiro atoms. The lowest BCUT2D eigenvalue weighted by Gasteiger charge is -2.08. The number of aromatic nitrogens is 1. The van der Waals surface area contributed by atoms with Crippen LogP contribution in [-0.4, -0.2) is 22.2 Å². The van der Waals surface area contributed by atoms with Gasteiger partial charge in [0.15, 0.2) is 11.4 Å². The molecule has 0 amide bonds. The molecule has 0 aromatic carbocycles. The number of pyridine rings is 1. The van der Waals surface area contributed by atoms with E-state index in [9.17, 15) is 4.79 Å². The third kappa shape index (κ3) is 1.80. The predicted molar refractivity (Wildman–Crippen MR) is 49.9 cm³/mol. The van der Waals surface area contributed by atoms with Gasteiger partial charge in [-0.1, -0.05) is 11.6 Å². The largest absolute Gasteiger partial charge is 0.486 e. The zero-order valence-corrected chi connectivity index (χ0v) is 7.99. The summed E-state index contributed by atoms with van der Waals surface area (Å²) in [7, 11) is 0. The maximum atomic E-state index is 10.8. The molecule has 14 heavy (non-hydrogen) atoms. The van der Waals surface area contributed by atoms with Crippen LogP contribution in [0.15, 0.2) is 12.3 Å². The first-order chi connectivity index (χ1) is 6.68. The summed E-state index contributed by atoms with van der Waals surface area (Å²) in [6, 6.07) is 1.52. The van der Waals surface area contributed by atoms with E-state index in [-0.39, 0.29) is 17.5 Å². The summed E-state index contributed by atoms with van der Waals surface area (Å²) < 4.78 is 5.37. The van der Waals surface area contributed by atoms with Crippen LogP contribution in [0.25, 0.3) is 0 Å². The van der Waals surface area contributed by atoms with Crippen LogP contribution in [0.1, 0.15) is 23.3 Å². The molecule has 4 nitrogen and oxygen atoms in total. The Labute approximate surface area is 85.5 Å². The number of halogens is 1. The molecule has 0 unspecified atom stereocenters. The van der Waals surface area contributed by atoms with Gasteiger partial charge in [0.25, 0.3) is 0 Å². The standard InChI is InChI=1S/C9H8ClNO3/c10-6-3-4-11-7(9(12)13)8(6)14-5-1-2-5/h3-5H,1-2H2,(H,12,13). The first-order valence-corrected chi connectivity index (χ1v) is 4.60. The normalized spacial score (nSPS) is 15.2. The van der Waals surface area contributed by atoms with E-state index in [1.165, 1.54) is 12.3 Å². The molecule has 1 aromatic heterocycles. The Morgan fingerprint density at radius 2 is 2.36 bits per heavy atom. The zero-order valence-electron chi connectivity index (χ0n) is 7.24. The minimum absolute atomic E-state index is 0.106. The molecular formula is C9H8ClNO3. The molecule has 1 saturated carbocycles. The lowest BCUT2D eigenvalue weighted by Crippen LogP contribution is -2.07. The van der Waals surface area contributed by atoms with Crippen LogP contribution in [-0.2, 0) is 0 Å². The highest BCUT2D eigenvalue weighted by Crippen LogP contribution is 2.33. The van der Waals surface area contributed by atoms with Crippen molar-refractivity contribution < 1.29 is 14.6 Å². The van der Waals surface area contributed by atoms with E-state index in [1.807, 2.05) is 0 Å². The van der Waals surface area contributed by atoms with E-state index in [1.54, 1.807) is 0 Å². The molecule has 1 heterocycles. The van der Waals surface area contributed by atoms with Crippen LogP contribution < -0.4 is 4.74 Å². The van der Waals surface area contributed by atoms with Gasteiger partial charge in [-0.15, -0.1) is 0 Å². The first kappa shape index (κ1) is 9.27. The molecule has 0 atom stereocenters. The molecule has 2 rings (SSSR count). The number of ether oxygens (including phenoxy) is 1. The van der Waals surface area contributed by atoms with Crippen molar-refractivity contribution in [2.75, 3.05) is 0 Å². The fraction of sp³-hybridized carbons (Fsp3) is 0.333. The highest BCUT2D eigenvalue weighted by molar-refractivity contribution is 6.32. The van der Waals surface area contributed by atoms with E-state index < -0.39 is 5.97 Å². The van der Waals surface area contributed by atoms with Crippen LogP contribution in [0, 0.1) is 0 Å². The van der Waals surface area contributed by atoms with Crippen molar-refractivity contribution in [3.05, 3.63) is 23.0 Å². The second-order valence-corrected chi connectivity index (χ2v) is 3.50. The average molecular weight is 214 g/mol. The summed E-state index contributed by atoms with van der Waals surface area (Å²) in [6.45, 7) is 0. The number of rotatable bonds is 3. The summed E-state index contributed by atoms with van der Waals surface area (Å²) in [5.74, 6) is -0.938. The summed E-state index contributed by atoms with van der Waals surface area (Å²) in [4.78, 5) is 14.5. The summed E-state index contributed by atoms with van der Waals surface area (Å²) in [6.07, 6.45) is 3.36. The quantitative estimate of drug-likeness (QED) is 0.834. The summed E-state index contributed by atoms with van der Waals surface area (Å²) >= 11 is 5.82. The molecule has 0 aliphatic heterocycles. The van der Waals surface area contributed by atoms with Crippen molar-refractivity contribution in [3.8, 4) is 5.75 Å². The van der Waals surface area contributed by atoms with Gasteiger partial charge < -0.3 is 9.84 Å². The summed E-state index contributed by atoms with van der Waals surface area (Å²) in [5, 5.41) is 9.12. The van der Waals surface area contributed by atoms with Gasteiger partial charge in [-0.3, -0.25) is 0 Å². The number of nitrogens with zero attached hydrogens (tertiary/aromatic N) is 1. The highest BCUT2D eigenvalue weighted by Gasteiger charge is 2.27. The van der Waals surface area contributed by atoms with Gasteiger partial charge in [0.05, 0.1) is 11.1 Å². The van der Waals surface area contributed by atoms with E-state index in [0.717, 1.165) is 12.8 Å². The number of aromatic carboxylic acids is 1. The van der Waals surface area contributed by atoms with Crippen LogP contribution in [0.3, 0.4) is 0 Å². The van der Waals surface area contributed by atoms with Crippen molar-refractivity contribution in [2.45, 2.75) is 18.9 Å². The van der Waals surface area contributed by atoms with E-state index in [4.69, 9.17) is 21.4 Å². The Balaban J connectivity index is 2.36. The molecule has 1 fully saturated rings. The fourth-order valence-electron chi connectivity index (χ4n) is 1.04. The third-order valence-electron chi connectivity index (χ3n) is 1.87. The lowest BCUT2D eigenvalue weighted by molar-refractivity contribution is 0.0685. The monoisotopic (exact) mass is 213 g/mol. The number of carboxylic acids is 1. The molecule has 0 radical (unpaired) electrons. The van der Waals surface area contributed by atoms with Crippen LogP contribution in [0.4, 0.5) is 0 Å². The Bertz CT molecular complexity index is 376. The number of hydrogen-bond acceptors (Lipinski definition) is 3. The van der Waals surface area contributed by atoms with Crippen molar-refractivity contribution in [1.82, 2.24) is 4.98 Å². The number of hydrogen-bond donors (Lipinski definition) is 1. The highest BCUT2D eigenvalue weighted by atomic mass is 35.5. The second kappa shape index (κ2) is 3.46. The smallest absolute Gasteiger partial charge is 0.358 e. The van der Waals surface area contributed by atoms with Crippen LogP contribution >= 0.6 is 11.6 Å². The molecular weight excluding hydrogens is 206 g/mol. The first-order valence-electron chi connectivity index (χ1n) is 4.23. The Morgan fingerprint density at radius 1 is 1.64 bits per heavy atom. The van der Waals surface area contributed by atoms with Gasteiger partial charge >= 0.3 is 5.97 Å². The molecule has 0 bridgehead atoms. The van der Waals surface area contributed by atoms with Crippen molar-refractivity contribution >= 4 is 17.6 Å². The van der Waals surface area contributed by atoms with Crippen molar-refractivity contribution in [1.29, 1.82) is 0 Å². The zero-order chi connectivity index (χ0) is 10.1. The van der Waals surface area contributed by atoms with Gasteiger partial charge in [0, 0.05) is 6.20 Å². The lowest BCUT2D eigenvalue weighted by atomic mass is 10.3. The van der Waals surface area contributed by atoms with E-state index in [0.29, 0.717) is 5.02 Å². The Kier molecular flexibility index (Phi) is 2.29. The van der Waals surface area contributed by atoms with E-state index in [2.05, 4.69) is 4.98 Å².